The number of carboxylic acids is 1. The number of allylic oxidation sites excluding steroid dienone is 3. The van der Waals surface area contributed by atoms with E-state index in [1.54, 1.807) is 20.8 Å². The third-order valence-electron chi connectivity index (χ3n) is 7.58. The first-order chi connectivity index (χ1) is 19.5. The number of nitriles is 1. The van der Waals surface area contributed by atoms with Gasteiger partial charge in [0, 0.05) is 0 Å². The molecule has 1 aromatic carbocycles. The van der Waals surface area contributed by atoms with Crippen molar-refractivity contribution in [3.05, 3.63) is 54.1 Å². The highest BCUT2D eigenvalue weighted by molar-refractivity contribution is 5.79. The van der Waals surface area contributed by atoms with Crippen molar-refractivity contribution in [3.8, 4) is 6.07 Å². The minimum absolute atomic E-state index is 0.0446. The van der Waals surface area contributed by atoms with E-state index in [9.17, 15) is 29.9 Å². The van der Waals surface area contributed by atoms with Gasteiger partial charge in [-0.25, -0.2) is 4.79 Å². The Balaban J connectivity index is 2.76. The summed E-state index contributed by atoms with van der Waals surface area (Å²) in [6.45, 7) is 15.5. The third-order valence-corrected chi connectivity index (χ3v) is 7.58. The van der Waals surface area contributed by atoms with Gasteiger partial charge in [0.25, 0.3) is 0 Å². The molecular weight excluding hydrogens is 536 g/mol. The molecular formula is C33H48N2O7. The number of carbonyl (C=O) groups excluding carboxylic acids is 2. The largest absolute Gasteiger partial charge is 0.481 e. The predicted molar refractivity (Wildman–Crippen MR) is 162 cm³/mol. The van der Waals surface area contributed by atoms with Crippen molar-refractivity contribution in [1.29, 1.82) is 5.26 Å². The van der Waals surface area contributed by atoms with Gasteiger partial charge < -0.3 is 25.0 Å². The normalized spacial score (nSPS) is 15.9. The summed E-state index contributed by atoms with van der Waals surface area (Å²) < 4.78 is 10.5. The van der Waals surface area contributed by atoms with Gasteiger partial charge in [0.1, 0.15) is 19.3 Å². The van der Waals surface area contributed by atoms with Crippen LogP contribution < -0.4 is 5.32 Å². The van der Waals surface area contributed by atoms with Crippen LogP contribution in [0.1, 0.15) is 91.7 Å². The Hall–Kier alpha value is -3.64. The molecule has 1 amide bonds. The second-order valence-corrected chi connectivity index (χ2v) is 12.1. The minimum atomic E-state index is -1.35. The Labute approximate surface area is 250 Å². The van der Waals surface area contributed by atoms with Crippen molar-refractivity contribution >= 4 is 23.6 Å². The second-order valence-electron chi connectivity index (χ2n) is 12.1. The van der Waals surface area contributed by atoms with Crippen molar-refractivity contribution in [3.63, 3.8) is 0 Å². The number of rotatable bonds is 17. The van der Waals surface area contributed by atoms with E-state index in [0.717, 1.165) is 23.1 Å². The van der Waals surface area contributed by atoms with Crippen LogP contribution in [0, 0.1) is 28.1 Å². The molecule has 0 spiro atoms. The summed E-state index contributed by atoms with van der Waals surface area (Å²) in [5.41, 5.74) is -0.597. The van der Waals surface area contributed by atoms with Crippen LogP contribution in [-0.4, -0.2) is 47.6 Å². The first-order valence-corrected chi connectivity index (χ1v) is 14.4. The van der Waals surface area contributed by atoms with Crippen LogP contribution in [0.3, 0.4) is 0 Å². The summed E-state index contributed by atoms with van der Waals surface area (Å²) in [6, 6.07) is 9.80. The van der Waals surface area contributed by atoms with Crippen molar-refractivity contribution in [2.75, 3.05) is 13.2 Å². The summed E-state index contributed by atoms with van der Waals surface area (Å²) in [7, 11) is 0. The summed E-state index contributed by atoms with van der Waals surface area (Å²) in [5.74, 6) is -2.28. The minimum Gasteiger partial charge on any atom is -0.481 e. The molecule has 9 nitrogen and oxygen atoms in total. The van der Waals surface area contributed by atoms with Gasteiger partial charge in [0.15, 0.2) is 0 Å². The smallest absolute Gasteiger partial charge is 0.407 e. The number of alkyl carbamates (subject to hydrolysis) is 1. The highest BCUT2D eigenvalue weighted by Crippen LogP contribution is 2.42. The lowest BCUT2D eigenvalue weighted by Gasteiger charge is -2.36. The van der Waals surface area contributed by atoms with Gasteiger partial charge in [-0.1, -0.05) is 56.4 Å². The standard InChI is InChI=1S/C33H48N2O7/c1-9-11-12-14-24(19-34)18-33(8,28(37)38)22-32(7,10-2)29(39)41-20-27(36)21-42-30(40)35-31(5,6)26-16-13-15-25(17-26)23(3)4/h11-13,15-17,24,27,36H,3,9-10,14,18,20-22H2,1-2,4-8H3,(H,35,40)(H,37,38)/b12-11+. The number of carboxylic acid groups (broad SMARTS) is 1. The van der Waals surface area contributed by atoms with Crippen LogP contribution >= 0.6 is 0 Å². The van der Waals surface area contributed by atoms with E-state index in [2.05, 4.69) is 18.0 Å². The maximum absolute atomic E-state index is 13.1. The number of hydrogen-bond acceptors (Lipinski definition) is 7. The van der Waals surface area contributed by atoms with Gasteiger partial charge in [-0.05, 0) is 83.9 Å². The van der Waals surface area contributed by atoms with Crippen molar-refractivity contribution in [2.45, 2.75) is 92.2 Å². The Morgan fingerprint density at radius 1 is 1.10 bits per heavy atom. The number of benzene rings is 1. The molecule has 1 rings (SSSR count). The van der Waals surface area contributed by atoms with Crippen molar-refractivity contribution < 1.29 is 34.1 Å². The van der Waals surface area contributed by atoms with Gasteiger partial charge in [0.05, 0.1) is 28.4 Å². The van der Waals surface area contributed by atoms with E-state index in [4.69, 9.17) is 9.47 Å². The molecule has 4 unspecified atom stereocenters. The number of aliphatic carboxylic acids is 1. The lowest BCUT2D eigenvalue weighted by atomic mass is 9.67. The fourth-order valence-corrected chi connectivity index (χ4v) is 4.69. The SMILES string of the molecule is C=C(C)c1cccc(C(C)(C)NC(=O)OCC(O)COC(=O)C(C)(CC)CC(C)(CC(C#N)C/C=C/CC)C(=O)O)c1. The highest BCUT2D eigenvalue weighted by atomic mass is 16.6. The van der Waals surface area contributed by atoms with Crippen LogP contribution in [0.2, 0.25) is 0 Å². The monoisotopic (exact) mass is 584 g/mol. The zero-order chi connectivity index (χ0) is 32.1. The number of carbonyl (C=O) groups is 3. The number of aliphatic hydroxyl groups is 1. The molecule has 0 aromatic heterocycles. The second kappa shape index (κ2) is 16.1. The predicted octanol–water partition coefficient (Wildman–Crippen LogP) is 6.37. The molecule has 0 radical (unpaired) electrons. The number of ether oxygens (including phenoxy) is 2. The molecule has 9 heteroatoms. The average molecular weight is 585 g/mol. The molecule has 0 aliphatic carbocycles. The van der Waals surface area contributed by atoms with Gasteiger partial charge in [0.2, 0.25) is 0 Å². The van der Waals surface area contributed by atoms with Crippen molar-refractivity contribution in [2.24, 2.45) is 16.7 Å². The number of nitrogens with one attached hydrogen (secondary N) is 1. The van der Waals surface area contributed by atoms with Crippen LogP contribution in [0.4, 0.5) is 4.79 Å². The summed E-state index contributed by atoms with van der Waals surface area (Å²) >= 11 is 0. The molecule has 0 bridgehead atoms. The Morgan fingerprint density at radius 3 is 2.29 bits per heavy atom. The van der Waals surface area contributed by atoms with Crippen LogP contribution in [0.5, 0.6) is 0 Å². The maximum Gasteiger partial charge on any atom is 0.407 e. The maximum atomic E-state index is 13.1. The molecule has 0 fully saturated rings. The quantitative estimate of drug-likeness (QED) is 0.141. The van der Waals surface area contributed by atoms with E-state index in [-0.39, 0.29) is 12.8 Å². The Kier molecular flexibility index (Phi) is 14.0. The van der Waals surface area contributed by atoms with Gasteiger partial charge >= 0.3 is 18.0 Å². The Morgan fingerprint density at radius 2 is 1.74 bits per heavy atom. The first-order valence-electron chi connectivity index (χ1n) is 14.4. The third kappa shape index (κ3) is 11.0. The van der Waals surface area contributed by atoms with E-state index in [1.165, 1.54) is 0 Å². The molecule has 0 aliphatic rings. The lowest BCUT2D eigenvalue weighted by Crippen LogP contribution is -2.43. The highest BCUT2D eigenvalue weighted by Gasteiger charge is 2.46. The molecule has 0 saturated carbocycles. The summed E-state index contributed by atoms with van der Waals surface area (Å²) in [4.78, 5) is 37.9. The number of esters is 1. The van der Waals surface area contributed by atoms with Crippen LogP contribution in [0.25, 0.3) is 5.57 Å². The summed E-state index contributed by atoms with van der Waals surface area (Å²) in [5, 5.41) is 32.7. The molecule has 3 N–H and O–H groups in total. The topological polar surface area (TPSA) is 146 Å². The lowest BCUT2D eigenvalue weighted by molar-refractivity contribution is -0.164. The zero-order valence-electron chi connectivity index (χ0n) is 26.2. The molecule has 42 heavy (non-hydrogen) atoms. The molecule has 0 aliphatic heterocycles. The van der Waals surface area contributed by atoms with Gasteiger partial charge in [-0.15, -0.1) is 0 Å². The Bertz CT molecular complexity index is 1170. The molecule has 0 heterocycles. The fraction of sp³-hybridized carbons (Fsp3) is 0.576. The van der Waals surface area contributed by atoms with Crippen LogP contribution in [0.15, 0.2) is 43.0 Å². The molecule has 4 atom stereocenters. The first kappa shape index (κ1) is 36.4. The fourth-order valence-electron chi connectivity index (χ4n) is 4.69. The number of hydrogen-bond donors (Lipinski definition) is 3. The van der Waals surface area contributed by atoms with Crippen LogP contribution in [-0.2, 0) is 24.6 Å². The van der Waals surface area contributed by atoms with E-state index in [1.807, 2.05) is 64.1 Å². The number of nitrogens with zero attached hydrogens (tertiary/aromatic N) is 1. The zero-order valence-corrected chi connectivity index (χ0v) is 26.2. The average Bonchev–Trinajstić information content (AvgIpc) is 2.93. The van der Waals surface area contributed by atoms with E-state index >= 15 is 0 Å². The number of amides is 1. The number of aliphatic hydroxyl groups excluding tert-OH is 1. The summed E-state index contributed by atoms with van der Waals surface area (Å²) in [6.07, 6.45) is 3.34. The van der Waals surface area contributed by atoms with Crippen molar-refractivity contribution in [1.82, 2.24) is 5.32 Å². The molecule has 0 saturated heterocycles. The van der Waals surface area contributed by atoms with E-state index < -0.39 is 59.6 Å². The molecule has 1 aromatic rings. The van der Waals surface area contributed by atoms with E-state index in [0.29, 0.717) is 12.8 Å². The molecule has 232 valence electrons. The van der Waals surface area contributed by atoms with Gasteiger partial charge in [-0.3, -0.25) is 9.59 Å². The van der Waals surface area contributed by atoms with Gasteiger partial charge in [-0.2, -0.15) is 5.26 Å².